The number of halogens is 2. The Labute approximate surface area is 286 Å². The van der Waals surface area contributed by atoms with Gasteiger partial charge in [-0.2, -0.15) is 4.98 Å². The number of benzene rings is 2. The average molecular weight is 679 g/mol. The number of hydrogen-bond donors (Lipinski definition) is 2. The molecule has 0 unspecified atom stereocenters. The Morgan fingerprint density at radius 2 is 1.76 bits per heavy atom. The Bertz CT molecular complexity index is 1770. The third kappa shape index (κ3) is 8.44. The molecule has 2 aromatic carbocycles. The zero-order valence-electron chi connectivity index (χ0n) is 29.2. The van der Waals surface area contributed by atoms with Crippen molar-refractivity contribution in [1.29, 1.82) is 0 Å². The molecule has 3 aromatic rings. The van der Waals surface area contributed by atoms with Gasteiger partial charge in [0.05, 0.1) is 18.1 Å². The second-order valence-corrected chi connectivity index (χ2v) is 14.1. The molecule has 2 N–H and O–H groups in total. The number of ether oxygens (including phenoxy) is 1. The van der Waals surface area contributed by atoms with Gasteiger partial charge in [0.1, 0.15) is 17.7 Å². The summed E-state index contributed by atoms with van der Waals surface area (Å²) in [7, 11) is 1.71. The lowest BCUT2D eigenvalue weighted by Crippen LogP contribution is -2.61. The van der Waals surface area contributed by atoms with E-state index in [4.69, 9.17) is 4.74 Å². The molecule has 0 spiro atoms. The van der Waals surface area contributed by atoms with E-state index in [1.807, 2.05) is 6.92 Å². The van der Waals surface area contributed by atoms with Crippen molar-refractivity contribution < 1.29 is 28.2 Å². The fraction of sp³-hybridized carbons (Fsp3) is 0.526. The summed E-state index contributed by atoms with van der Waals surface area (Å²) in [5, 5.41) is 12.7. The average Bonchev–Trinajstić information content (AvgIpc) is 3.01. The van der Waals surface area contributed by atoms with Crippen LogP contribution in [-0.2, 0) is 27.2 Å². The molecule has 0 saturated carbocycles. The van der Waals surface area contributed by atoms with Crippen LogP contribution in [0, 0.1) is 32.4 Å². The Kier molecular flexibility index (Phi) is 11.3. The Hall–Kier alpha value is -3.96. The van der Waals surface area contributed by atoms with Crippen molar-refractivity contribution >= 4 is 11.9 Å². The molecule has 5 rings (SSSR count). The number of carboxylic acid groups (broad SMARTS) is 1. The number of carboxylic acids is 1. The standard InChI is InChI=1S/C38H48F2N4O5/c1-23-16-29(39)17-26-11-9-7-6-8-10-12-32(44-20-27(25(3)41-37(44)48)13-14-43-21-38(4,22-43)49-5)36(47)42-31(19-33(45)46)30-18-28(34(23)26)15-24(2)35(30)40/h15-18,20,31-32H,6-14,19,21-22H2,1-5H3,(H,42,47)(H,45,46)/t31-,32-/m0/s1. The van der Waals surface area contributed by atoms with Gasteiger partial charge in [-0.1, -0.05) is 25.7 Å². The molecule has 2 bridgehead atoms. The van der Waals surface area contributed by atoms with Crippen LogP contribution in [0.15, 0.2) is 35.3 Å². The quantitative estimate of drug-likeness (QED) is 0.308. The van der Waals surface area contributed by atoms with E-state index in [2.05, 4.69) is 22.1 Å². The molecule has 2 aliphatic rings. The Balaban J connectivity index is 1.53. The Morgan fingerprint density at radius 1 is 1.04 bits per heavy atom. The van der Waals surface area contributed by atoms with Crippen molar-refractivity contribution in [2.45, 2.75) is 103 Å². The van der Waals surface area contributed by atoms with Crippen molar-refractivity contribution in [3.05, 3.63) is 86.1 Å². The zero-order valence-corrected chi connectivity index (χ0v) is 29.2. The van der Waals surface area contributed by atoms with Crippen LogP contribution >= 0.6 is 0 Å². The second-order valence-electron chi connectivity index (χ2n) is 14.1. The van der Waals surface area contributed by atoms with Crippen LogP contribution in [0.4, 0.5) is 8.78 Å². The first-order chi connectivity index (χ1) is 23.3. The predicted octanol–water partition coefficient (Wildman–Crippen LogP) is 6.15. The van der Waals surface area contributed by atoms with E-state index in [1.54, 1.807) is 39.3 Å². The number of aliphatic carboxylic acids is 1. The number of hydrogen-bond acceptors (Lipinski definition) is 6. The van der Waals surface area contributed by atoms with Crippen LogP contribution < -0.4 is 11.0 Å². The highest BCUT2D eigenvalue weighted by atomic mass is 19.1. The summed E-state index contributed by atoms with van der Waals surface area (Å²) >= 11 is 0. The number of amides is 1. The van der Waals surface area contributed by atoms with Gasteiger partial charge in [0.2, 0.25) is 5.91 Å². The molecule has 1 aromatic heterocycles. The van der Waals surface area contributed by atoms with E-state index < -0.39 is 41.9 Å². The minimum absolute atomic E-state index is 0.0268. The molecular weight excluding hydrogens is 630 g/mol. The maximum Gasteiger partial charge on any atom is 0.348 e. The normalized spacial score (nSPS) is 20.3. The van der Waals surface area contributed by atoms with E-state index in [0.717, 1.165) is 62.0 Å². The summed E-state index contributed by atoms with van der Waals surface area (Å²) in [5.74, 6) is -2.76. The van der Waals surface area contributed by atoms with Gasteiger partial charge >= 0.3 is 11.7 Å². The molecule has 1 saturated heterocycles. The Morgan fingerprint density at radius 3 is 2.47 bits per heavy atom. The van der Waals surface area contributed by atoms with Crippen LogP contribution in [0.25, 0.3) is 11.1 Å². The third-order valence-corrected chi connectivity index (χ3v) is 10.1. The van der Waals surface area contributed by atoms with E-state index in [-0.39, 0.29) is 22.5 Å². The summed E-state index contributed by atoms with van der Waals surface area (Å²) in [5.41, 5.74) is 3.92. The van der Waals surface area contributed by atoms with Crippen molar-refractivity contribution in [2.75, 3.05) is 26.7 Å². The van der Waals surface area contributed by atoms with E-state index in [0.29, 0.717) is 42.5 Å². The highest BCUT2D eigenvalue weighted by Crippen LogP contribution is 2.35. The fourth-order valence-electron chi connectivity index (χ4n) is 7.40. The first kappa shape index (κ1) is 36.3. The van der Waals surface area contributed by atoms with E-state index in [9.17, 15) is 23.9 Å². The molecule has 2 atom stereocenters. The van der Waals surface area contributed by atoms with E-state index in [1.165, 1.54) is 16.7 Å². The summed E-state index contributed by atoms with van der Waals surface area (Å²) in [6.45, 7) is 9.58. The minimum atomic E-state index is -1.22. The predicted molar refractivity (Wildman–Crippen MR) is 184 cm³/mol. The number of aryl methyl sites for hydroxylation is 4. The second kappa shape index (κ2) is 15.3. The lowest BCUT2D eigenvalue weighted by atomic mass is 9.88. The number of aromatic nitrogens is 2. The molecule has 0 radical (unpaired) electrons. The van der Waals surface area contributed by atoms with Crippen molar-refractivity contribution in [1.82, 2.24) is 19.8 Å². The van der Waals surface area contributed by atoms with Gasteiger partial charge in [0, 0.05) is 44.2 Å². The van der Waals surface area contributed by atoms with Gasteiger partial charge in [0.15, 0.2) is 0 Å². The molecule has 11 heteroatoms. The minimum Gasteiger partial charge on any atom is -0.481 e. The topological polar surface area (TPSA) is 114 Å². The van der Waals surface area contributed by atoms with Crippen molar-refractivity contribution in [3.8, 4) is 11.1 Å². The monoisotopic (exact) mass is 678 g/mol. The van der Waals surface area contributed by atoms with Crippen LogP contribution in [0.2, 0.25) is 0 Å². The summed E-state index contributed by atoms with van der Waals surface area (Å²) < 4.78 is 37.4. The highest BCUT2D eigenvalue weighted by Gasteiger charge is 2.38. The number of methoxy groups -OCH3 is 1. The largest absolute Gasteiger partial charge is 0.481 e. The summed E-state index contributed by atoms with van der Waals surface area (Å²) in [6, 6.07) is 4.03. The van der Waals surface area contributed by atoms with Crippen LogP contribution in [0.3, 0.4) is 0 Å². The molecule has 2 aliphatic heterocycles. The zero-order chi connectivity index (χ0) is 35.5. The third-order valence-electron chi connectivity index (χ3n) is 10.1. The van der Waals surface area contributed by atoms with Crippen LogP contribution in [0.1, 0.15) is 97.5 Å². The molecule has 3 heterocycles. The van der Waals surface area contributed by atoms with Gasteiger partial charge in [-0.05, 0) is 111 Å². The van der Waals surface area contributed by atoms with Gasteiger partial charge in [0.25, 0.3) is 0 Å². The highest BCUT2D eigenvalue weighted by molar-refractivity contribution is 5.82. The SMILES string of the molecule is COC1(C)CN(CCc2cn([C@H]3CCCCCCCc4cc(F)cc(C)c4-c4cc(C)c(F)c(c4)[C@H](CC(=O)O)NC3=O)c(=O)nc2C)C1. The van der Waals surface area contributed by atoms with E-state index >= 15 is 4.39 Å². The lowest BCUT2D eigenvalue weighted by molar-refractivity contribution is -0.138. The molecule has 9 nitrogen and oxygen atoms in total. The number of nitrogens with one attached hydrogen (secondary N) is 1. The lowest BCUT2D eigenvalue weighted by Gasteiger charge is -2.47. The first-order valence-corrected chi connectivity index (χ1v) is 17.3. The van der Waals surface area contributed by atoms with Crippen molar-refractivity contribution in [2.24, 2.45) is 0 Å². The number of nitrogens with zero attached hydrogens (tertiary/aromatic N) is 3. The van der Waals surface area contributed by atoms with Crippen LogP contribution in [-0.4, -0.2) is 63.8 Å². The number of carbonyl (C=O) groups is 2. The molecule has 264 valence electrons. The van der Waals surface area contributed by atoms with Gasteiger partial charge < -0.3 is 15.2 Å². The first-order valence-electron chi connectivity index (χ1n) is 17.3. The molecule has 1 fully saturated rings. The smallest absolute Gasteiger partial charge is 0.348 e. The fourth-order valence-corrected chi connectivity index (χ4v) is 7.40. The molecule has 1 amide bonds. The number of likely N-dealkylation sites (tertiary alicyclic amines) is 1. The van der Waals surface area contributed by atoms with Gasteiger partial charge in [-0.3, -0.25) is 19.1 Å². The van der Waals surface area contributed by atoms with Crippen molar-refractivity contribution in [3.63, 3.8) is 0 Å². The maximum absolute atomic E-state index is 15.9. The molecule has 49 heavy (non-hydrogen) atoms. The molecular formula is C38H48F2N4O5. The van der Waals surface area contributed by atoms with Gasteiger partial charge in [-0.15, -0.1) is 0 Å². The number of fused-ring (bicyclic) bond motifs is 4. The van der Waals surface area contributed by atoms with Gasteiger partial charge in [-0.25, -0.2) is 13.6 Å². The van der Waals surface area contributed by atoms with Crippen LogP contribution in [0.5, 0.6) is 0 Å². The number of carbonyl (C=O) groups excluding carboxylic acids is 1. The summed E-state index contributed by atoms with van der Waals surface area (Å²) in [4.78, 5) is 46.2. The molecule has 0 aliphatic carbocycles. The maximum atomic E-state index is 15.9. The summed E-state index contributed by atoms with van der Waals surface area (Å²) in [6.07, 6.45) is 6.75. The number of rotatable bonds is 7.